The number of urea groups is 1. The van der Waals surface area contributed by atoms with Gasteiger partial charge in [-0.05, 0) is 12.1 Å². The van der Waals surface area contributed by atoms with Gasteiger partial charge in [-0.25, -0.2) is 9.59 Å². The van der Waals surface area contributed by atoms with Crippen molar-refractivity contribution in [1.29, 1.82) is 0 Å². The first kappa shape index (κ1) is 15.6. The van der Waals surface area contributed by atoms with E-state index < -0.39 is 0 Å². The van der Waals surface area contributed by atoms with Crippen molar-refractivity contribution in [2.24, 2.45) is 0 Å². The summed E-state index contributed by atoms with van der Waals surface area (Å²) < 4.78 is 6.92. The minimum absolute atomic E-state index is 0.0571. The number of aromatic nitrogens is 1. The van der Waals surface area contributed by atoms with Crippen LogP contribution in [-0.2, 0) is 6.54 Å². The Labute approximate surface area is 134 Å². The monoisotopic (exact) mass is 318 g/mol. The van der Waals surface area contributed by atoms with E-state index in [1.54, 1.807) is 29.6 Å². The first-order valence-corrected chi connectivity index (χ1v) is 7.83. The van der Waals surface area contributed by atoms with E-state index in [1.807, 2.05) is 23.1 Å². The highest BCUT2D eigenvalue weighted by atomic mass is 16.4. The van der Waals surface area contributed by atoms with Crippen LogP contribution in [0.5, 0.6) is 0 Å². The van der Waals surface area contributed by atoms with Gasteiger partial charge in [0.15, 0.2) is 5.58 Å². The molecule has 1 aliphatic heterocycles. The lowest BCUT2D eigenvalue weighted by Crippen LogP contribution is -2.52. The van der Waals surface area contributed by atoms with E-state index in [0.717, 1.165) is 38.2 Å². The van der Waals surface area contributed by atoms with Gasteiger partial charge in [0.05, 0.1) is 5.52 Å². The molecule has 124 valence electrons. The van der Waals surface area contributed by atoms with Crippen molar-refractivity contribution >= 4 is 17.1 Å². The second-order valence-electron chi connectivity index (χ2n) is 5.99. The minimum Gasteiger partial charge on any atom is -0.408 e. The van der Waals surface area contributed by atoms with Gasteiger partial charge in [-0.3, -0.25) is 9.47 Å². The lowest BCUT2D eigenvalue weighted by atomic mass is 10.3. The minimum atomic E-state index is -0.312. The molecule has 1 saturated heterocycles. The fourth-order valence-electron chi connectivity index (χ4n) is 2.91. The molecule has 0 saturated carbocycles. The third-order valence-electron chi connectivity index (χ3n) is 4.24. The molecular formula is C16H22N4O3. The molecule has 0 aliphatic carbocycles. The third kappa shape index (κ3) is 3.24. The van der Waals surface area contributed by atoms with Crippen molar-refractivity contribution in [3.05, 3.63) is 34.8 Å². The topological polar surface area (TPSA) is 61.9 Å². The second-order valence-corrected chi connectivity index (χ2v) is 5.99. The van der Waals surface area contributed by atoms with E-state index in [0.29, 0.717) is 12.1 Å². The van der Waals surface area contributed by atoms with Gasteiger partial charge in [-0.15, -0.1) is 0 Å². The maximum Gasteiger partial charge on any atom is 0.419 e. The molecule has 0 bridgehead atoms. The molecule has 0 N–H and O–H groups in total. The molecule has 0 atom stereocenters. The van der Waals surface area contributed by atoms with Crippen LogP contribution in [0.25, 0.3) is 11.1 Å². The predicted molar refractivity (Wildman–Crippen MR) is 87.6 cm³/mol. The number of benzene rings is 1. The van der Waals surface area contributed by atoms with Gasteiger partial charge in [0, 0.05) is 53.4 Å². The molecule has 1 fully saturated rings. The van der Waals surface area contributed by atoms with Crippen LogP contribution in [0, 0.1) is 0 Å². The number of carbonyl (C=O) groups is 1. The zero-order valence-corrected chi connectivity index (χ0v) is 13.6. The maximum atomic E-state index is 11.9. The molecule has 0 radical (unpaired) electrons. The first-order chi connectivity index (χ1) is 11.1. The Kier molecular flexibility index (Phi) is 4.38. The largest absolute Gasteiger partial charge is 0.419 e. The van der Waals surface area contributed by atoms with Crippen LogP contribution in [0.3, 0.4) is 0 Å². The van der Waals surface area contributed by atoms with Crippen molar-refractivity contribution in [2.75, 3.05) is 46.8 Å². The number of nitrogens with zero attached hydrogens (tertiary/aromatic N) is 4. The fourth-order valence-corrected chi connectivity index (χ4v) is 2.91. The summed E-state index contributed by atoms with van der Waals surface area (Å²) in [4.78, 5) is 29.6. The number of hydrogen-bond acceptors (Lipinski definition) is 4. The summed E-state index contributed by atoms with van der Waals surface area (Å²) in [6.07, 6.45) is 0. The molecule has 0 unspecified atom stereocenters. The van der Waals surface area contributed by atoms with E-state index in [2.05, 4.69) is 4.90 Å². The summed E-state index contributed by atoms with van der Waals surface area (Å²) in [5, 5.41) is 0. The lowest BCUT2D eigenvalue weighted by Gasteiger charge is -2.35. The molecule has 7 heteroatoms. The molecule has 1 aromatic heterocycles. The molecule has 3 rings (SSSR count). The Morgan fingerprint density at radius 1 is 1.13 bits per heavy atom. The quantitative estimate of drug-likeness (QED) is 0.843. The summed E-state index contributed by atoms with van der Waals surface area (Å²) in [7, 11) is 3.54. The Bertz CT molecular complexity index is 741. The summed E-state index contributed by atoms with van der Waals surface area (Å²) in [5.74, 6) is -0.312. The average Bonchev–Trinajstić information content (AvgIpc) is 2.88. The van der Waals surface area contributed by atoms with Gasteiger partial charge in [-0.1, -0.05) is 12.1 Å². The maximum absolute atomic E-state index is 11.9. The summed E-state index contributed by atoms with van der Waals surface area (Å²) in [6, 6.07) is 7.52. The molecule has 23 heavy (non-hydrogen) atoms. The van der Waals surface area contributed by atoms with Gasteiger partial charge < -0.3 is 14.2 Å². The number of amides is 2. The second kappa shape index (κ2) is 6.45. The predicted octanol–water partition coefficient (Wildman–Crippen LogP) is 0.894. The summed E-state index contributed by atoms with van der Waals surface area (Å²) in [5.41, 5.74) is 1.46. The van der Waals surface area contributed by atoms with Crippen LogP contribution in [0.1, 0.15) is 0 Å². The highest BCUT2D eigenvalue weighted by molar-refractivity contribution is 5.74. The molecular weight excluding hydrogens is 296 g/mol. The van der Waals surface area contributed by atoms with Crippen LogP contribution in [0.2, 0.25) is 0 Å². The van der Waals surface area contributed by atoms with Crippen LogP contribution in [-0.4, -0.2) is 72.1 Å². The smallest absolute Gasteiger partial charge is 0.408 e. The molecule has 2 aromatic rings. The normalized spacial score (nSPS) is 16.0. The van der Waals surface area contributed by atoms with E-state index >= 15 is 0 Å². The van der Waals surface area contributed by atoms with E-state index in [1.165, 1.54) is 0 Å². The SMILES string of the molecule is CN(C)C(=O)N1CCN(CCn2c(=O)oc3ccccc32)CC1. The number of hydrogen-bond donors (Lipinski definition) is 0. The number of para-hydroxylation sites is 2. The molecule has 7 nitrogen and oxygen atoms in total. The Balaban J connectivity index is 1.58. The van der Waals surface area contributed by atoms with Gasteiger partial charge in [0.25, 0.3) is 0 Å². The van der Waals surface area contributed by atoms with Gasteiger partial charge >= 0.3 is 11.8 Å². The fraction of sp³-hybridized carbons (Fsp3) is 0.500. The van der Waals surface area contributed by atoms with E-state index in [4.69, 9.17) is 4.42 Å². The van der Waals surface area contributed by atoms with Gasteiger partial charge in [-0.2, -0.15) is 0 Å². The summed E-state index contributed by atoms with van der Waals surface area (Å²) >= 11 is 0. The van der Waals surface area contributed by atoms with Crippen molar-refractivity contribution in [2.45, 2.75) is 6.54 Å². The molecule has 1 aromatic carbocycles. The molecule has 2 heterocycles. The highest BCUT2D eigenvalue weighted by Crippen LogP contribution is 2.12. The van der Waals surface area contributed by atoms with E-state index in [9.17, 15) is 9.59 Å². The van der Waals surface area contributed by atoms with Crippen LogP contribution in [0.15, 0.2) is 33.5 Å². The van der Waals surface area contributed by atoms with Crippen LogP contribution in [0.4, 0.5) is 4.79 Å². The molecule has 2 amide bonds. The average molecular weight is 318 g/mol. The number of oxazole rings is 1. The first-order valence-electron chi connectivity index (χ1n) is 7.83. The van der Waals surface area contributed by atoms with Crippen LogP contribution >= 0.6 is 0 Å². The van der Waals surface area contributed by atoms with E-state index in [-0.39, 0.29) is 11.8 Å². The Morgan fingerprint density at radius 2 is 1.83 bits per heavy atom. The van der Waals surface area contributed by atoms with Gasteiger partial charge in [0.1, 0.15) is 0 Å². The standard InChI is InChI=1S/C16H22N4O3/c1-17(2)15(21)19-10-7-18(8-11-19)9-12-20-13-5-3-4-6-14(13)23-16(20)22/h3-6H,7-12H2,1-2H3. The van der Waals surface area contributed by atoms with Crippen LogP contribution < -0.4 is 5.76 Å². The van der Waals surface area contributed by atoms with Gasteiger partial charge in [0.2, 0.25) is 0 Å². The van der Waals surface area contributed by atoms with Crippen molar-refractivity contribution in [3.63, 3.8) is 0 Å². The lowest BCUT2D eigenvalue weighted by molar-refractivity contribution is 0.121. The summed E-state index contributed by atoms with van der Waals surface area (Å²) in [6.45, 7) is 4.45. The zero-order chi connectivity index (χ0) is 16.4. The van der Waals surface area contributed by atoms with Crippen molar-refractivity contribution in [1.82, 2.24) is 19.3 Å². The molecule has 1 aliphatic rings. The van der Waals surface area contributed by atoms with Crippen molar-refractivity contribution < 1.29 is 9.21 Å². The number of carbonyl (C=O) groups excluding carboxylic acids is 1. The Morgan fingerprint density at radius 3 is 2.52 bits per heavy atom. The Hall–Kier alpha value is -2.28. The third-order valence-corrected chi connectivity index (χ3v) is 4.24. The van der Waals surface area contributed by atoms with Crippen molar-refractivity contribution in [3.8, 4) is 0 Å². The molecule has 0 spiro atoms. The number of piperazine rings is 1. The number of fused-ring (bicyclic) bond motifs is 1. The zero-order valence-electron chi connectivity index (χ0n) is 13.6. The highest BCUT2D eigenvalue weighted by Gasteiger charge is 2.22. The number of rotatable bonds is 3.